The Hall–Kier alpha value is -0.950. The van der Waals surface area contributed by atoms with Crippen LogP contribution in [0.2, 0.25) is 0 Å². The summed E-state index contributed by atoms with van der Waals surface area (Å²) in [5.74, 6) is 0.790. The molecule has 142 valence electrons. The zero-order chi connectivity index (χ0) is 17.2. The highest BCUT2D eigenvalue weighted by molar-refractivity contribution is 7.16. The maximum Gasteiger partial charge on any atom is 0.220 e. The second kappa shape index (κ2) is 8.83. The first-order valence-electron chi connectivity index (χ1n) is 9.19. The second-order valence-corrected chi connectivity index (χ2v) is 9.53. The first-order valence-corrected chi connectivity index (χ1v) is 10.9. The number of fused-ring (bicyclic) bond motifs is 2. The molecule has 2 unspecified atom stereocenters. The third-order valence-corrected chi connectivity index (χ3v) is 7.21. The highest BCUT2D eigenvalue weighted by Crippen LogP contribution is 2.32. The number of nitrogens with one attached hydrogen (secondary N) is 2. The molecule has 4 nitrogen and oxygen atoms in total. The monoisotopic (exact) mass is 411 g/mol. The predicted molar refractivity (Wildman–Crippen MR) is 111 cm³/mol. The Morgan fingerprint density at radius 2 is 2.08 bits per heavy atom. The Morgan fingerprint density at radius 1 is 1.31 bits per heavy atom. The van der Waals surface area contributed by atoms with Crippen LogP contribution < -0.4 is 10.6 Å². The van der Waals surface area contributed by atoms with E-state index in [-0.39, 0.29) is 18.3 Å². The largest absolute Gasteiger partial charge is 0.356 e. The Kier molecular flexibility index (Phi) is 6.72. The van der Waals surface area contributed by atoms with E-state index >= 15 is 0 Å². The van der Waals surface area contributed by atoms with Gasteiger partial charge in [-0.05, 0) is 57.1 Å². The lowest BCUT2D eigenvalue weighted by Gasteiger charge is -2.28. The molecule has 2 fully saturated rings. The second-order valence-electron chi connectivity index (χ2n) is 7.30. The first-order chi connectivity index (χ1) is 12.2. The number of nitrogens with zero attached hydrogens (tertiary/aromatic N) is 1. The maximum absolute atomic E-state index is 12.2. The molecule has 0 spiro atoms. The van der Waals surface area contributed by atoms with Gasteiger partial charge in [0.15, 0.2) is 0 Å². The van der Waals surface area contributed by atoms with Gasteiger partial charge in [0.05, 0.1) is 15.6 Å². The average Bonchev–Trinajstić information content (AvgIpc) is 3.28. The van der Waals surface area contributed by atoms with Crippen molar-refractivity contribution in [2.24, 2.45) is 5.92 Å². The van der Waals surface area contributed by atoms with Crippen molar-refractivity contribution < 1.29 is 4.79 Å². The average molecular weight is 412 g/mol. The van der Waals surface area contributed by atoms with Gasteiger partial charge in [0.2, 0.25) is 5.91 Å². The van der Waals surface area contributed by atoms with Gasteiger partial charge in [-0.3, -0.25) is 4.79 Å². The molecule has 0 aliphatic carbocycles. The van der Waals surface area contributed by atoms with Crippen LogP contribution in [0.1, 0.15) is 42.0 Å². The van der Waals surface area contributed by atoms with Crippen molar-refractivity contribution in [1.29, 1.82) is 0 Å². The van der Waals surface area contributed by atoms with Crippen LogP contribution in [0.3, 0.4) is 0 Å². The minimum atomic E-state index is 0. The van der Waals surface area contributed by atoms with Gasteiger partial charge in [-0.1, -0.05) is 0 Å². The standard InChI is InChI=1S/C19H25N3OS2.ClH/c1-12-21-17(11-24-12)18-5-4-16(25-18)6-7-20-19(23)10-13-8-14-2-3-15(9-13)22-14;/h4-5,11,13-15,22H,2-3,6-10H2,1H3,(H,20,23);1H. The molecule has 2 saturated heterocycles. The molecule has 2 aromatic heterocycles. The number of hydrogen-bond acceptors (Lipinski definition) is 5. The number of rotatable bonds is 6. The summed E-state index contributed by atoms with van der Waals surface area (Å²) in [6.07, 6.45) is 6.53. The summed E-state index contributed by atoms with van der Waals surface area (Å²) in [5, 5.41) is 9.97. The zero-order valence-corrected chi connectivity index (χ0v) is 17.4. The SMILES string of the molecule is Cc1nc(-c2ccc(CCNC(=O)CC3CC4CCC(C3)N4)s2)cs1.Cl. The summed E-state index contributed by atoms with van der Waals surface area (Å²) in [5.41, 5.74) is 1.07. The van der Waals surface area contributed by atoms with E-state index in [0.717, 1.165) is 23.7 Å². The first kappa shape index (κ1) is 19.8. The van der Waals surface area contributed by atoms with Crippen LogP contribution in [0.15, 0.2) is 17.5 Å². The van der Waals surface area contributed by atoms with E-state index in [2.05, 4.69) is 33.1 Å². The molecule has 2 aliphatic rings. The highest BCUT2D eigenvalue weighted by Gasteiger charge is 2.34. The smallest absolute Gasteiger partial charge is 0.220 e. The Labute approximate surface area is 169 Å². The number of piperidine rings is 1. The molecule has 0 aromatic carbocycles. The number of thiazole rings is 1. The summed E-state index contributed by atoms with van der Waals surface area (Å²) < 4.78 is 0. The van der Waals surface area contributed by atoms with E-state index in [1.165, 1.54) is 35.4 Å². The number of halogens is 1. The molecule has 0 saturated carbocycles. The van der Waals surface area contributed by atoms with Crippen LogP contribution >= 0.6 is 35.1 Å². The maximum atomic E-state index is 12.2. The lowest BCUT2D eigenvalue weighted by Crippen LogP contribution is -2.39. The number of carbonyl (C=O) groups excluding carboxylic acids is 1. The van der Waals surface area contributed by atoms with E-state index in [1.807, 2.05) is 6.92 Å². The molecule has 2 atom stereocenters. The van der Waals surface area contributed by atoms with Crippen molar-refractivity contribution >= 4 is 41.0 Å². The molecule has 4 heterocycles. The summed E-state index contributed by atoms with van der Waals surface area (Å²) in [4.78, 5) is 19.3. The normalized spacial score (nSPS) is 24.3. The van der Waals surface area contributed by atoms with Gasteiger partial charge < -0.3 is 10.6 Å². The van der Waals surface area contributed by atoms with Gasteiger partial charge in [-0.15, -0.1) is 35.1 Å². The minimum absolute atomic E-state index is 0. The summed E-state index contributed by atoms with van der Waals surface area (Å²) in [6, 6.07) is 5.62. The fourth-order valence-corrected chi connectivity index (χ4v) is 5.78. The number of hydrogen-bond donors (Lipinski definition) is 2. The van der Waals surface area contributed by atoms with Crippen molar-refractivity contribution in [2.45, 2.75) is 57.5 Å². The third kappa shape index (κ3) is 4.85. The Balaban J connectivity index is 0.00000196. The Bertz CT molecular complexity index is 733. The van der Waals surface area contributed by atoms with E-state index in [9.17, 15) is 4.79 Å². The molecule has 4 rings (SSSR count). The van der Waals surface area contributed by atoms with Crippen LogP contribution in [0, 0.1) is 12.8 Å². The fraction of sp³-hybridized carbons (Fsp3) is 0.579. The van der Waals surface area contributed by atoms with Crippen molar-refractivity contribution in [3.8, 4) is 10.6 Å². The lowest BCUT2D eigenvalue weighted by atomic mass is 9.89. The van der Waals surface area contributed by atoms with Gasteiger partial charge in [-0.2, -0.15) is 0 Å². The fourth-order valence-electron chi connectivity index (χ4n) is 4.13. The number of carbonyl (C=O) groups is 1. The van der Waals surface area contributed by atoms with Crippen LogP contribution in [0.25, 0.3) is 10.6 Å². The number of thiophene rings is 1. The van der Waals surface area contributed by atoms with Gasteiger partial charge in [-0.25, -0.2) is 4.98 Å². The quantitative estimate of drug-likeness (QED) is 0.749. The lowest BCUT2D eigenvalue weighted by molar-refractivity contribution is -0.122. The van der Waals surface area contributed by atoms with Crippen molar-refractivity contribution in [2.75, 3.05) is 6.54 Å². The molecule has 2 aliphatic heterocycles. The van der Waals surface area contributed by atoms with Crippen LogP contribution in [0.4, 0.5) is 0 Å². The summed E-state index contributed by atoms with van der Waals surface area (Å²) in [7, 11) is 0. The van der Waals surface area contributed by atoms with Crippen molar-refractivity contribution in [1.82, 2.24) is 15.6 Å². The zero-order valence-electron chi connectivity index (χ0n) is 15.0. The summed E-state index contributed by atoms with van der Waals surface area (Å²) in [6.45, 7) is 2.76. The molecule has 26 heavy (non-hydrogen) atoms. The highest BCUT2D eigenvalue weighted by atomic mass is 35.5. The number of amides is 1. The van der Waals surface area contributed by atoms with E-state index < -0.39 is 0 Å². The van der Waals surface area contributed by atoms with Crippen LogP contribution in [0.5, 0.6) is 0 Å². The molecule has 2 aromatic rings. The van der Waals surface area contributed by atoms with Crippen molar-refractivity contribution in [3.05, 3.63) is 27.4 Å². The molecular weight excluding hydrogens is 386 g/mol. The molecule has 2 bridgehead atoms. The predicted octanol–water partition coefficient (Wildman–Crippen LogP) is 4.18. The van der Waals surface area contributed by atoms with Gasteiger partial charge in [0, 0.05) is 35.3 Å². The van der Waals surface area contributed by atoms with Crippen molar-refractivity contribution in [3.63, 3.8) is 0 Å². The van der Waals surface area contributed by atoms with E-state index in [4.69, 9.17) is 0 Å². The number of aryl methyl sites for hydroxylation is 1. The molecule has 0 radical (unpaired) electrons. The molecule has 7 heteroatoms. The van der Waals surface area contributed by atoms with Gasteiger partial charge in [0.1, 0.15) is 0 Å². The number of aromatic nitrogens is 1. The Morgan fingerprint density at radius 3 is 2.77 bits per heavy atom. The molecular formula is C19H26ClN3OS2. The van der Waals surface area contributed by atoms with Gasteiger partial charge in [0.25, 0.3) is 0 Å². The molecule has 2 N–H and O–H groups in total. The van der Waals surface area contributed by atoms with E-state index in [1.54, 1.807) is 22.7 Å². The van der Waals surface area contributed by atoms with Crippen LogP contribution in [-0.2, 0) is 11.2 Å². The summed E-state index contributed by atoms with van der Waals surface area (Å²) >= 11 is 3.47. The van der Waals surface area contributed by atoms with Gasteiger partial charge >= 0.3 is 0 Å². The topological polar surface area (TPSA) is 54.0 Å². The molecule has 1 amide bonds. The van der Waals surface area contributed by atoms with E-state index in [0.29, 0.717) is 24.4 Å². The third-order valence-electron chi connectivity index (χ3n) is 5.27. The minimum Gasteiger partial charge on any atom is -0.356 e. The van der Waals surface area contributed by atoms with Crippen LogP contribution in [-0.4, -0.2) is 29.5 Å².